The molecule has 1 aromatic carbocycles. The van der Waals surface area contributed by atoms with Gasteiger partial charge in [0.15, 0.2) is 0 Å². The molecule has 4 rings (SSSR count). The Hall–Kier alpha value is -1.60. The minimum atomic E-state index is -0.285. The fraction of sp³-hybridized carbons (Fsp3) is 0.474. The largest absolute Gasteiger partial charge is 0.392 e. The molecule has 27 heavy (non-hydrogen) atoms. The van der Waals surface area contributed by atoms with Crippen molar-refractivity contribution in [1.29, 1.82) is 0 Å². The van der Waals surface area contributed by atoms with Crippen LogP contribution in [0.15, 0.2) is 24.5 Å². The van der Waals surface area contributed by atoms with Crippen molar-refractivity contribution in [2.24, 2.45) is 0 Å². The van der Waals surface area contributed by atoms with E-state index in [-0.39, 0.29) is 24.5 Å². The monoisotopic (exact) mass is 408 g/mol. The number of rotatable bonds is 4. The molecule has 1 amide bonds. The van der Waals surface area contributed by atoms with Crippen LogP contribution in [0.25, 0.3) is 0 Å². The lowest BCUT2D eigenvalue weighted by Gasteiger charge is -2.37. The van der Waals surface area contributed by atoms with E-state index < -0.39 is 0 Å². The lowest BCUT2D eigenvalue weighted by Crippen LogP contribution is -2.45. The van der Waals surface area contributed by atoms with Gasteiger partial charge in [-0.2, -0.15) is 0 Å². The Morgan fingerprint density at radius 2 is 2.15 bits per heavy atom. The Morgan fingerprint density at radius 1 is 1.30 bits per heavy atom. The van der Waals surface area contributed by atoms with Gasteiger partial charge in [0, 0.05) is 38.3 Å². The van der Waals surface area contributed by atoms with Crippen LogP contribution >= 0.6 is 23.2 Å². The molecular weight excluding hydrogens is 387 g/mol. The molecule has 1 fully saturated rings. The predicted molar refractivity (Wildman–Crippen MR) is 104 cm³/mol. The van der Waals surface area contributed by atoms with Gasteiger partial charge in [0.1, 0.15) is 0 Å². The third kappa shape index (κ3) is 3.99. The molecule has 0 bridgehead atoms. The number of benzene rings is 1. The molecule has 0 aliphatic carbocycles. The number of halogens is 2. The summed E-state index contributed by atoms with van der Waals surface area (Å²) in [5.41, 5.74) is 2.88. The van der Waals surface area contributed by atoms with E-state index in [9.17, 15) is 9.90 Å². The summed E-state index contributed by atoms with van der Waals surface area (Å²) >= 11 is 12.1. The average Bonchev–Trinajstić information content (AvgIpc) is 3.27. The summed E-state index contributed by atoms with van der Waals surface area (Å²) < 4.78 is 0. The molecule has 0 spiro atoms. The molecule has 2 N–H and O–H groups in total. The third-order valence-corrected chi connectivity index (χ3v) is 6.12. The van der Waals surface area contributed by atoms with Crippen molar-refractivity contribution in [3.8, 4) is 0 Å². The molecule has 144 valence electrons. The minimum absolute atomic E-state index is 0.0479. The number of aliphatic hydroxyl groups is 1. The fourth-order valence-electron chi connectivity index (χ4n) is 3.99. The average molecular weight is 409 g/mol. The number of H-pyrrole nitrogens is 1. The molecule has 1 saturated heterocycles. The number of hydrogen-bond donors (Lipinski definition) is 2. The SMILES string of the molecule is O=C(Cc1ccc(Cl)c(Cl)c1)N1CCc2[nH]cnc2[C@@H]1CN1CC[C@H](O)C1. The van der Waals surface area contributed by atoms with E-state index in [2.05, 4.69) is 14.9 Å². The summed E-state index contributed by atoms with van der Waals surface area (Å²) in [6.45, 7) is 2.82. The summed E-state index contributed by atoms with van der Waals surface area (Å²) in [6, 6.07) is 5.19. The lowest BCUT2D eigenvalue weighted by atomic mass is 10.0. The maximum Gasteiger partial charge on any atom is 0.227 e. The van der Waals surface area contributed by atoms with Crippen molar-refractivity contribution >= 4 is 29.1 Å². The second-order valence-electron chi connectivity index (χ2n) is 7.25. The van der Waals surface area contributed by atoms with E-state index in [0.717, 1.165) is 36.3 Å². The Kier molecular flexibility index (Phi) is 5.41. The van der Waals surface area contributed by atoms with Gasteiger partial charge in [-0.05, 0) is 24.1 Å². The molecule has 2 aromatic rings. The van der Waals surface area contributed by atoms with E-state index in [4.69, 9.17) is 23.2 Å². The van der Waals surface area contributed by atoms with Crippen molar-refractivity contribution in [2.75, 3.05) is 26.2 Å². The number of aromatic amines is 1. The standard InChI is InChI=1S/C19H22Cl2N4O2/c20-14-2-1-12(7-15(14)21)8-18(27)25-6-4-16-19(23-11-22-16)17(25)10-24-5-3-13(26)9-24/h1-2,7,11,13,17,26H,3-6,8-10H2,(H,22,23)/t13-,17-/m0/s1. The van der Waals surface area contributed by atoms with Crippen molar-refractivity contribution in [3.05, 3.63) is 51.5 Å². The highest BCUT2D eigenvalue weighted by Gasteiger charge is 2.35. The van der Waals surface area contributed by atoms with Crippen LogP contribution in [0.2, 0.25) is 10.0 Å². The maximum absolute atomic E-state index is 13.1. The summed E-state index contributed by atoms with van der Waals surface area (Å²) in [6.07, 6.45) is 3.23. The normalized spacial score (nSPS) is 22.9. The van der Waals surface area contributed by atoms with Gasteiger partial charge >= 0.3 is 0 Å². The topological polar surface area (TPSA) is 72.5 Å². The predicted octanol–water partition coefficient (Wildman–Crippen LogP) is 2.45. The second kappa shape index (κ2) is 7.80. The first-order chi connectivity index (χ1) is 13.0. The Bertz CT molecular complexity index is 841. The maximum atomic E-state index is 13.1. The molecule has 2 aliphatic heterocycles. The number of β-amino-alcohol motifs (C(OH)–C–C–N with tert-alkyl or cyclic N) is 1. The number of fused-ring (bicyclic) bond motifs is 1. The molecule has 0 saturated carbocycles. The van der Waals surface area contributed by atoms with Crippen molar-refractivity contribution in [2.45, 2.75) is 31.4 Å². The zero-order valence-corrected chi connectivity index (χ0v) is 16.4. The summed E-state index contributed by atoms with van der Waals surface area (Å²) in [7, 11) is 0. The quantitative estimate of drug-likeness (QED) is 0.814. The molecule has 1 aromatic heterocycles. The number of nitrogens with one attached hydrogen (secondary N) is 1. The van der Waals surface area contributed by atoms with Gasteiger partial charge in [0.25, 0.3) is 0 Å². The van der Waals surface area contributed by atoms with Crippen LogP contribution in [0, 0.1) is 0 Å². The van der Waals surface area contributed by atoms with Gasteiger partial charge in [-0.25, -0.2) is 4.98 Å². The van der Waals surface area contributed by atoms with E-state index in [1.807, 2.05) is 11.0 Å². The highest BCUT2D eigenvalue weighted by atomic mass is 35.5. The van der Waals surface area contributed by atoms with Crippen LogP contribution in [0.5, 0.6) is 0 Å². The van der Waals surface area contributed by atoms with Crippen LogP contribution in [0.1, 0.15) is 29.4 Å². The molecule has 6 nitrogen and oxygen atoms in total. The van der Waals surface area contributed by atoms with Gasteiger partial charge in [-0.15, -0.1) is 0 Å². The number of likely N-dealkylation sites (tertiary alicyclic amines) is 1. The van der Waals surface area contributed by atoms with Gasteiger partial charge < -0.3 is 15.0 Å². The molecule has 3 heterocycles. The van der Waals surface area contributed by atoms with Gasteiger partial charge in [-0.3, -0.25) is 9.69 Å². The van der Waals surface area contributed by atoms with E-state index in [1.165, 1.54) is 0 Å². The number of amides is 1. The lowest BCUT2D eigenvalue weighted by molar-refractivity contribution is -0.134. The summed E-state index contributed by atoms with van der Waals surface area (Å²) in [4.78, 5) is 24.9. The first-order valence-corrected chi connectivity index (χ1v) is 9.93. The Balaban J connectivity index is 1.53. The highest BCUT2D eigenvalue weighted by Crippen LogP contribution is 2.30. The number of imidazole rings is 1. The molecule has 2 atom stereocenters. The Morgan fingerprint density at radius 3 is 2.89 bits per heavy atom. The van der Waals surface area contributed by atoms with E-state index in [0.29, 0.717) is 29.7 Å². The fourth-order valence-corrected chi connectivity index (χ4v) is 4.31. The van der Waals surface area contributed by atoms with Gasteiger partial charge in [0.05, 0.1) is 40.6 Å². The zero-order valence-electron chi connectivity index (χ0n) is 14.9. The number of aromatic nitrogens is 2. The number of carbonyl (C=O) groups is 1. The molecule has 2 aliphatic rings. The van der Waals surface area contributed by atoms with Crippen molar-refractivity contribution in [3.63, 3.8) is 0 Å². The zero-order chi connectivity index (χ0) is 19.0. The number of carbonyl (C=O) groups excluding carboxylic acids is 1. The van der Waals surface area contributed by atoms with Gasteiger partial charge in [0.2, 0.25) is 5.91 Å². The summed E-state index contributed by atoms with van der Waals surface area (Å²) in [5, 5.41) is 10.8. The van der Waals surface area contributed by atoms with Crippen LogP contribution in [0.3, 0.4) is 0 Å². The van der Waals surface area contributed by atoms with Crippen LogP contribution in [0.4, 0.5) is 0 Å². The number of hydrogen-bond acceptors (Lipinski definition) is 4. The van der Waals surface area contributed by atoms with Gasteiger partial charge in [-0.1, -0.05) is 29.3 Å². The first kappa shape index (κ1) is 18.7. The molecule has 0 unspecified atom stereocenters. The smallest absolute Gasteiger partial charge is 0.227 e. The summed E-state index contributed by atoms with van der Waals surface area (Å²) in [5.74, 6) is 0.0479. The highest BCUT2D eigenvalue weighted by molar-refractivity contribution is 6.42. The molecular formula is C19H22Cl2N4O2. The van der Waals surface area contributed by atoms with Crippen LogP contribution in [-0.4, -0.2) is 63.1 Å². The third-order valence-electron chi connectivity index (χ3n) is 5.38. The first-order valence-electron chi connectivity index (χ1n) is 9.17. The van der Waals surface area contributed by atoms with Crippen LogP contribution in [-0.2, 0) is 17.6 Å². The van der Waals surface area contributed by atoms with E-state index >= 15 is 0 Å². The van der Waals surface area contributed by atoms with E-state index in [1.54, 1.807) is 18.5 Å². The number of nitrogens with zero attached hydrogens (tertiary/aromatic N) is 3. The van der Waals surface area contributed by atoms with Crippen LogP contribution < -0.4 is 0 Å². The number of aliphatic hydroxyl groups excluding tert-OH is 1. The molecule has 0 radical (unpaired) electrons. The van der Waals surface area contributed by atoms with Crippen molar-refractivity contribution < 1.29 is 9.90 Å². The second-order valence-corrected chi connectivity index (χ2v) is 8.06. The Labute approximate surface area is 168 Å². The van der Waals surface area contributed by atoms with Crippen molar-refractivity contribution in [1.82, 2.24) is 19.8 Å². The minimum Gasteiger partial charge on any atom is -0.392 e. The molecule has 8 heteroatoms.